The van der Waals surface area contributed by atoms with Crippen LogP contribution in [0.3, 0.4) is 0 Å². The number of benzene rings is 1. The van der Waals surface area contributed by atoms with E-state index in [1.165, 1.54) is 10.6 Å². The largest absolute Gasteiger partial charge is 0.497 e. The van der Waals surface area contributed by atoms with Crippen LogP contribution in [0.25, 0.3) is 0 Å². The van der Waals surface area contributed by atoms with Crippen molar-refractivity contribution in [2.45, 2.75) is 26.8 Å². The zero-order valence-electron chi connectivity index (χ0n) is 14.3. The molecule has 0 aromatic heterocycles. The van der Waals surface area contributed by atoms with E-state index in [9.17, 15) is 13.2 Å². The number of rotatable bonds is 9. The van der Waals surface area contributed by atoms with Crippen molar-refractivity contribution in [1.29, 1.82) is 0 Å². The van der Waals surface area contributed by atoms with Crippen molar-refractivity contribution < 1.29 is 17.9 Å². The van der Waals surface area contributed by atoms with E-state index in [2.05, 4.69) is 0 Å². The molecule has 7 heteroatoms. The SMILES string of the molecule is CCN(CC)C(=O)CCN(Cc1ccc(OC)cc1)S(C)(=O)=O. The Kier molecular flexibility index (Phi) is 7.51. The van der Waals surface area contributed by atoms with E-state index < -0.39 is 10.0 Å². The molecule has 0 spiro atoms. The van der Waals surface area contributed by atoms with Crippen molar-refractivity contribution in [3.63, 3.8) is 0 Å². The van der Waals surface area contributed by atoms with Gasteiger partial charge in [-0.1, -0.05) is 12.1 Å². The minimum Gasteiger partial charge on any atom is -0.497 e. The Morgan fingerprint density at radius 2 is 1.70 bits per heavy atom. The number of ether oxygens (including phenoxy) is 1. The van der Waals surface area contributed by atoms with Gasteiger partial charge in [0.25, 0.3) is 0 Å². The molecule has 0 fully saturated rings. The molecule has 1 rings (SSSR count). The fraction of sp³-hybridized carbons (Fsp3) is 0.562. The van der Waals surface area contributed by atoms with E-state index in [4.69, 9.17) is 4.74 Å². The molecular weight excluding hydrogens is 316 g/mol. The van der Waals surface area contributed by atoms with Crippen LogP contribution < -0.4 is 4.74 Å². The lowest BCUT2D eigenvalue weighted by Crippen LogP contribution is -2.36. The van der Waals surface area contributed by atoms with Crippen LogP contribution >= 0.6 is 0 Å². The van der Waals surface area contributed by atoms with E-state index in [-0.39, 0.29) is 25.4 Å². The molecule has 0 N–H and O–H groups in total. The van der Waals surface area contributed by atoms with E-state index in [0.29, 0.717) is 13.1 Å². The maximum absolute atomic E-state index is 12.1. The summed E-state index contributed by atoms with van der Waals surface area (Å²) in [7, 11) is -1.80. The Hall–Kier alpha value is -1.60. The molecule has 1 aromatic carbocycles. The second-order valence-corrected chi connectivity index (χ2v) is 7.24. The van der Waals surface area contributed by atoms with Crippen LogP contribution in [0.2, 0.25) is 0 Å². The van der Waals surface area contributed by atoms with Gasteiger partial charge in [-0.3, -0.25) is 4.79 Å². The van der Waals surface area contributed by atoms with Gasteiger partial charge in [0.15, 0.2) is 0 Å². The smallest absolute Gasteiger partial charge is 0.223 e. The molecule has 6 nitrogen and oxygen atoms in total. The van der Waals surface area contributed by atoms with Crippen LogP contribution in [-0.4, -0.2) is 56.5 Å². The summed E-state index contributed by atoms with van der Waals surface area (Å²) in [6.07, 6.45) is 1.35. The topological polar surface area (TPSA) is 66.9 Å². The third kappa shape index (κ3) is 6.19. The monoisotopic (exact) mass is 342 g/mol. The highest BCUT2D eigenvalue weighted by Crippen LogP contribution is 2.15. The van der Waals surface area contributed by atoms with Gasteiger partial charge in [0.05, 0.1) is 13.4 Å². The fourth-order valence-corrected chi connectivity index (χ4v) is 3.06. The lowest BCUT2D eigenvalue weighted by atomic mass is 10.2. The van der Waals surface area contributed by atoms with Gasteiger partial charge >= 0.3 is 0 Å². The zero-order chi connectivity index (χ0) is 17.5. The van der Waals surface area contributed by atoms with Crippen molar-refractivity contribution in [2.75, 3.05) is 33.0 Å². The van der Waals surface area contributed by atoms with Gasteiger partial charge < -0.3 is 9.64 Å². The number of methoxy groups -OCH3 is 1. The number of carbonyl (C=O) groups is 1. The molecule has 0 aliphatic rings. The van der Waals surface area contributed by atoms with Crippen molar-refractivity contribution in [3.8, 4) is 5.75 Å². The molecule has 0 aliphatic heterocycles. The predicted octanol–water partition coefficient (Wildman–Crippen LogP) is 1.72. The van der Waals surface area contributed by atoms with E-state index in [1.807, 2.05) is 26.0 Å². The molecule has 0 saturated carbocycles. The number of nitrogens with zero attached hydrogens (tertiary/aromatic N) is 2. The van der Waals surface area contributed by atoms with Gasteiger partial charge in [-0.05, 0) is 31.5 Å². The van der Waals surface area contributed by atoms with Crippen LogP contribution in [0, 0.1) is 0 Å². The van der Waals surface area contributed by atoms with Gasteiger partial charge in [-0.2, -0.15) is 4.31 Å². The Labute approximate surface area is 139 Å². The Morgan fingerprint density at radius 1 is 1.13 bits per heavy atom. The molecule has 0 atom stereocenters. The third-order valence-corrected chi connectivity index (χ3v) is 4.93. The summed E-state index contributed by atoms with van der Waals surface area (Å²) in [5.41, 5.74) is 0.853. The molecule has 0 heterocycles. The number of hydrogen-bond donors (Lipinski definition) is 0. The molecule has 1 amide bonds. The zero-order valence-corrected chi connectivity index (χ0v) is 15.1. The Morgan fingerprint density at radius 3 is 2.13 bits per heavy atom. The maximum Gasteiger partial charge on any atom is 0.223 e. The minimum atomic E-state index is -3.38. The van der Waals surface area contributed by atoms with Gasteiger partial charge in [0.2, 0.25) is 15.9 Å². The first kappa shape index (κ1) is 19.4. The standard InChI is InChI=1S/C16H26N2O4S/c1-5-17(6-2)16(19)11-12-18(23(4,20)21)13-14-7-9-15(22-3)10-8-14/h7-10H,5-6,11-13H2,1-4H3. The van der Waals surface area contributed by atoms with Gasteiger partial charge in [-0.15, -0.1) is 0 Å². The number of hydrogen-bond acceptors (Lipinski definition) is 4. The van der Waals surface area contributed by atoms with E-state index >= 15 is 0 Å². The van der Waals surface area contributed by atoms with Gasteiger partial charge in [0.1, 0.15) is 5.75 Å². The van der Waals surface area contributed by atoms with Gasteiger partial charge in [-0.25, -0.2) is 8.42 Å². The molecule has 0 aliphatic carbocycles. The molecule has 0 saturated heterocycles. The molecular formula is C16H26N2O4S. The molecule has 23 heavy (non-hydrogen) atoms. The molecule has 1 aromatic rings. The average Bonchev–Trinajstić information content (AvgIpc) is 2.52. The van der Waals surface area contributed by atoms with Crippen molar-refractivity contribution in [3.05, 3.63) is 29.8 Å². The third-order valence-electron chi connectivity index (χ3n) is 3.68. The highest BCUT2D eigenvalue weighted by molar-refractivity contribution is 7.88. The number of carbonyl (C=O) groups excluding carboxylic acids is 1. The Bertz CT molecular complexity index is 595. The van der Waals surface area contributed by atoms with Crippen LogP contribution in [0.1, 0.15) is 25.8 Å². The molecule has 0 unspecified atom stereocenters. The fourth-order valence-electron chi connectivity index (χ4n) is 2.25. The van der Waals surface area contributed by atoms with Crippen molar-refractivity contribution in [1.82, 2.24) is 9.21 Å². The van der Waals surface area contributed by atoms with Crippen LogP contribution in [0.5, 0.6) is 5.75 Å². The highest BCUT2D eigenvalue weighted by Gasteiger charge is 2.19. The van der Waals surface area contributed by atoms with Crippen LogP contribution in [-0.2, 0) is 21.4 Å². The summed E-state index contributed by atoms with van der Waals surface area (Å²) in [6, 6.07) is 7.22. The predicted molar refractivity (Wildman–Crippen MR) is 90.8 cm³/mol. The number of amides is 1. The van der Waals surface area contributed by atoms with E-state index in [0.717, 1.165) is 11.3 Å². The first-order valence-corrected chi connectivity index (χ1v) is 9.52. The summed E-state index contributed by atoms with van der Waals surface area (Å²) in [5.74, 6) is 0.690. The van der Waals surface area contributed by atoms with E-state index in [1.54, 1.807) is 24.1 Å². The molecule has 130 valence electrons. The lowest BCUT2D eigenvalue weighted by Gasteiger charge is -2.23. The van der Waals surface area contributed by atoms with Gasteiger partial charge in [0, 0.05) is 32.6 Å². The summed E-state index contributed by atoms with van der Waals surface area (Å²) < 4.78 is 30.3. The second kappa shape index (κ2) is 8.88. The summed E-state index contributed by atoms with van der Waals surface area (Å²) >= 11 is 0. The van der Waals surface area contributed by atoms with Crippen LogP contribution in [0.4, 0.5) is 0 Å². The summed E-state index contributed by atoms with van der Waals surface area (Å²) in [4.78, 5) is 13.8. The minimum absolute atomic E-state index is 0.0293. The van der Waals surface area contributed by atoms with Crippen molar-refractivity contribution in [2.24, 2.45) is 0 Å². The molecule has 0 bridgehead atoms. The average molecular weight is 342 g/mol. The maximum atomic E-state index is 12.1. The first-order chi connectivity index (χ1) is 10.8. The summed E-state index contributed by atoms with van der Waals surface area (Å²) in [5, 5.41) is 0. The quantitative estimate of drug-likeness (QED) is 0.685. The number of sulfonamides is 1. The van der Waals surface area contributed by atoms with Crippen LogP contribution in [0.15, 0.2) is 24.3 Å². The molecule has 0 radical (unpaired) electrons. The second-order valence-electron chi connectivity index (χ2n) is 5.26. The van der Waals surface area contributed by atoms with Crippen molar-refractivity contribution >= 4 is 15.9 Å². The summed E-state index contributed by atoms with van der Waals surface area (Å²) in [6.45, 7) is 5.51. The highest BCUT2D eigenvalue weighted by atomic mass is 32.2. The normalized spacial score (nSPS) is 11.5. The first-order valence-electron chi connectivity index (χ1n) is 7.67. The lowest BCUT2D eigenvalue weighted by molar-refractivity contribution is -0.130. The Balaban J connectivity index is 2.75.